The average Bonchev–Trinajstić information content (AvgIpc) is 2.63. The van der Waals surface area contributed by atoms with Crippen molar-refractivity contribution < 1.29 is 4.74 Å². The number of benzene rings is 2. The molecule has 0 atom stereocenters. The smallest absolute Gasteiger partial charge is 0.259 e. The minimum absolute atomic E-state index is 0.171. The predicted molar refractivity (Wildman–Crippen MR) is 89.9 cm³/mol. The van der Waals surface area contributed by atoms with E-state index >= 15 is 0 Å². The minimum Gasteiger partial charge on any atom is -0.437 e. The number of aromatic nitrogens is 4. The largest absolute Gasteiger partial charge is 0.437 e. The zero-order valence-corrected chi connectivity index (χ0v) is 12.5. The zero-order valence-electron chi connectivity index (χ0n) is 12.5. The third-order valence-electron chi connectivity index (χ3n) is 3.48. The minimum atomic E-state index is -0.171. The molecule has 0 spiro atoms. The van der Waals surface area contributed by atoms with Crippen LogP contribution in [0.2, 0.25) is 0 Å². The molecule has 0 bridgehead atoms. The van der Waals surface area contributed by atoms with Crippen LogP contribution in [0, 0.1) is 0 Å². The van der Waals surface area contributed by atoms with Gasteiger partial charge in [-0.1, -0.05) is 24.3 Å². The summed E-state index contributed by atoms with van der Waals surface area (Å²) in [5.41, 5.74) is 1.23. The second-order valence-corrected chi connectivity index (χ2v) is 5.11. The van der Waals surface area contributed by atoms with E-state index in [1.54, 1.807) is 30.6 Å². The third kappa shape index (κ3) is 2.72. The first-order valence-electron chi connectivity index (χ1n) is 7.33. The lowest BCUT2D eigenvalue weighted by atomic mass is 10.2. The highest BCUT2D eigenvalue weighted by atomic mass is 16.5. The van der Waals surface area contributed by atoms with Crippen molar-refractivity contribution in [2.24, 2.45) is 0 Å². The first-order chi connectivity index (χ1) is 11.8. The van der Waals surface area contributed by atoms with Gasteiger partial charge in [0.15, 0.2) is 0 Å². The van der Waals surface area contributed by atoms with Gasteiger partial charge in [-0.3, -0.25) is 9.78 Å². The Morgan fingerprint density at radius 1 is 1.00 bits per heavy atom. The van der Waals surface area contributed by atoms with Crippen LogP contribution in [-0.2, 0) is 0 Å². The van der Waals surface area contributed by atoms with Crippen molar-refractivity contribution in [1.29, 1.82) is 0 Å². The van der Waals surface area contributed by atoms with E-state index in [4.69, 9.17) is 4.74 Å². The SMILES string of the molecule is O=c1[nH]c(-c2cccc(Oc3cnccn3)c2)nc2ccccc12. The van der Waals surface area contributed by atoms with Crippen molar-refractivity contribution in [1.82, 2.24) is 19.9 Å². The molecular weight excluding hydrogens is 304 g/mol. The van der Waals surface area contributed by atoms with Crippen LogP contribution in [0.15, 0.2) is 71.9 Å². The summed E-state index contributed by atoms with van der Waals surface area (Å²) in [6.45, 7) is 0. The maximum Gasteiger partial charge on any atom is 0.259 e. The highest BCUT2D eigenvalue weighted by Gasteiger charge is 2.07. The fourth-order valence-corrected chi connectivity index (χ4v) is 2.39. The van der Waals surface area contributed by atoms with Crippen LogP contribution in [-0.4, -0.2) is 19.9 Å². The number of aromatic amines is 1. The fraction of sp³-hybridized carbons (Fsp3) is 0. The van der Waals surface area contributed by atoms with Gasteiger partial charge < -0.3 is 9.72 Å². The number of para-hydroxylation sites is 1. The molecular formula is C18H12N4O2. The topological polar surface area (TPSA) is 80.8 Å². The summed E-state index contributed by atoms with van der Waals surface area (Å²) in [6.07, 6.45) is 4.66. The molecule has 2 aromatic carbocycles. The van der Waals surface area contributed by atoms with Crippen LogP contribution >= 0.6 is 0 Å². The van der Waals surface area contributed by atoms with E-state index in [2.05, 4.69) is 19.9 Å². The molecule has 0 unspecified atom stereocenters. The Balaban J connectivity index is 1.75. The summed E-state index contributed by atoms with van der Waals surface area (Å²) >= 11 is 0. The third-order valence-corrected chi connectivity index (χ3v) is 3.48. The standard InChI is InChI=1S/C18H12N4O2/c23-18-14-6-1-2-7-15(14)21-17(22-18)12-4-3-5-13(10-12)24-16-11-19-8-9-20-16/h1-11H,(H,21,22,23). The summed E-state index contributed by atoms with van der Waals surface area (Å²) in [6, 6.07) is 14.5. The summed E-state index contributed by atoms with van der Waals surface area (Å²) in [7, 11) is 0. The molecule has 0 amide bonds. The summed E-state index contributed by atoms with van der Waals surface area (Å²) in [4.78, 5) is 27.6. The Hall–Kier alpha value is -3.54. The predicted octanol–water partition coefficient (Wildman–Crippen LogP) is 3.17. The Bertz CT molecular complexity index is 1060. The van der Waals surface area contributed by atoms with Gasteiger partial charge in [-0.15, -0.1) is 0 Å². The first kappa shape index (κ1) is 14.1. The van der Waals surface area contributed by atoms with Crippen molar-refractivity contribution in [3.05, 3.63) is 77.5 Å². The molecule has 0 radical (unpaired) electrons. The van der Waals surface area contributed by atoms with Crippen LogP contribution in [0.1, 0.15) is 0 Å². The highest BCUT2D eigenvalue weighted by molar-refractivity contribution is 5.79. The van der Waals surface area contributed by atoms with E-state index < -0.39 is 0 Å². The van der Waals surface area contributed by atoms with E-state index in [9.17, 15) is 4.79 Å². The van der Waals surface area contributed by atoms with Gasteiger partial charge in [-0.2, -0.15) is 0 Å². The first-order valence-corrected chi connectivity index (χ1v) is 7.33. The van der Waals surface area contributed by atoms with Gasteiger partial charge in [0.2, 0.25) is 5.88 Å². The lowest BCUT2D eigenvalue weighted by molar-refractivity contribution is 0.460. The van der Waals surface area contributed by atoms with Crippen molar-refractivity contribution in [3.63, 3.8) is 0 Å². The van der Waals surface area contributed by atoms with Gasteiger partial charge in [0.1, 0.15) is 11.6 Å². The summed E-state index contributed by atoms with van der Waals surface area (Å²) in [5.74, 6) is 1.47. The monoisotopic (exact) mass is 316 g/mol. The van der Waals surface area contributed by atoms with Gasteiger partial charge in [-0.05, 0) is 24.3 Å². The van der Waals surface area contributed by atoms with Gasteiger partial charge >= 0.3 is 0 Å². The van der Waals surface area contributed by atoms with Gasteiger partial charge in [0.25, 0.3) is 5.56 Å². The molecule has 0 saturated carbocycles. The molecule has 2 heterocycles. The van der Waals surface area contributed by atoms with Gasteiger partial charge in [0.05, 0.1) is 17.1 Å². The number of rotatable bonds is 3. The van der Waals surface area contributed by atoms with E-state index in [1.807, 2.05) is 30.3 Å². The van der Waals surface area contributed by atoms with Crippen LogP contribution in [0.5, 0.6) is 11.6 Å². The Kier molecular flexibility index (Phi) is 3.47. The Morgan fingerprint density at radius 3 is 2.79 bits per heavy atom. The number of H-pyrrole nitrogens is 1. The molecule has 4 aromatic rings. The molecule has 0 aliphatic heterocycles. The normalized spacial score (nSPS) is 10.7. The number of ether oxygens (including phenoxy) is 1. The molecule has 2 aromatic heterocycles. The van der Waals surface area contributed by atoms with Crippen LogP contribution in [0.25, 0.3) is 22.3 Å². The van der Waals surface area contributed by atoms with Crippen molar-refractivity contribution in [3.8, 4) is 23.0 Å². The molecule has 0 aliphatic rings. The number of nitrogens with zero attached hydrogens (tertiary/aromatic N) is 3. The van der Waals surface area contributed by atoms with Crippen molar-refractivity contribution in [2.75, 3.05) is 0 Å². The number of hydrogen-bond donors (Lipinski definition) is 1. The van der Waals surface area contributed by atoms with E-state index in [0.29, 0.717) is 28.4 Å². The van der Waals surface area contributed by atoms with Gasteiger partial charge in [-0.25, -0.2) is 9.97 Å². The lowest BCUT2D eigenvalue weighted by Gasteiger charge is -2.07. The molecule has 4 rings (SSSR count). The Labute approximate surface area is 136 Å². The molecule has 24 heavy (non-hydrogen) atoms. The quantitative estimate of drug-likeness (QED) is 0.628. The van der Waals surface area contributed by atoms with Crippen LogP contribution in [0.3, 0.4) is 0 Å². The van der Waals surface area contributed by atoms with Crippen LogP contribution in [0.4, 0.5) is 0 Å². The molecule has 0 fully saturated rings. The van der Waals surface area contributed by atoms with E-state index in [1.165, 1.54) is 6.20 Å². The zero-order chi connectivity index (χ0) is 16.4. The molecule has 6 nitrogen and oxygen atoms in total. The summed E-state index contributed by atoms with van der Waals surface area (Å²) in [5, 5.41) is 0.563. The molecule has 116 valence electrons. The number of hydrogen-bond acceptors (Lipinski definition) is 5. The van der Waals surface area contributed by atoms with Crippen molar-refractivity contribution >= 4 is 10.9 Å². The second-order valence-electron chi connectivity index (χ2n) is 5.11. The maximum atomic E-state index is 12.2. The maximum absolute atomic E-state index is 12.2. The van der Waals surface area contributed by atoms with Crippen molar-refractivity contribution in [2.45, 2.75) is 0 Å². The van der Waals surface area contributed by atoms with E-state index in [-0.39, 0.29) is 5.56 Å². The number of fused-ring (bicyclic) bond motifs is 1. The number of nitrogens with one attached hydrogen (secondary N) is 1. The molecule has 6 heteroatoms. The molecule has 0 aliphatic carbocycles. The lowest BCUT2D eigenvalue weighted by Crippen LogP contribution is -2.09. The Morgan fingerprint density at radius 2 is 1.92 bits per heavy atom. The highest BCUT2D eigenvalue weighted by Crippen LogP contribution is 2.24. The fourth-order valence-electron chi connectivity index (χ4n) is 2.39. The van der Waals surface area contributed by atoms with E-state index in [0.717, 1.165) is 5.56 Å². The summed E-state index contributed by atoms with van der Waals surface area (Å²) < 4.78 is 5.66. The second kappa shape index (κ2) is 5.92. The van der Waals surface area contributed by atoms with Crippen LogP contribution < -0.4 is 10.3 Å². The van der Waals surface area contributed by atoms with Gasteiger partial charge in [0, 0.05) is 18.0 Å². The molecule has 0 saturated heterocycles. The molecule has 1 N–H and O–H groups in total. The average molecular weight is 316 g/mol.